The van der Waals surface area contributed by atoms with Gasteiger partial charge in [-0.25, -0.2) is 0 Å². The number of rotatable bonds is 38. The number of hydrogen-bond acceptors (Lipinski definition) is 11. The molecular formula is C47H82O12S. The van der Waals surface area contributed by atoms with Gasteiger partial charge in [-0.3, -0.25) is 14.1 Å². The highest BCUT2D eigenvalue weighted by Crippen LogP contribution is 2.24. The lowest BCUT2D eigenvalue weighted by atomic mass is 10.00. The molecule has 1 fully saturated rings. The van der Waals surface area contributed by atoms with Crippen molar-refractivity contribution in [3.63, 3.8) is 0 Å². The maximum Gasteiger partial charge on any atom is 0.306 e. The summed E-state index contributed by atoms with van der Waals surface area (Å²) in [4.78, 5) is 25.4. The molecular weight excluding hydrogens is 789 g/mol. The molecule has 0 aliphatic carbocycles. The minimum absolute atomic E-state index is 0.160. The number of aliphatic hydroxyl groups is 3. The van der Waals surface area contributed by atoms with Crippen molar-refractivity contribution in [2.24, 2.45) is 0 Å². The second kappa shape index (κ2) is 37.2. The Labute approximate surface area is 363 Å². The summed E-state index contributed by atoms with van der Waals surface area (Å²) in [5.74, 6) is -2.01. The Morgan fingerprint density at radius 3 is 1.57 bits per heavy atom. The maximum atomic E-state index is 12.8. The van der Waals surface area contributed by atoms with Gasteiger partial charge in [0, 0.05) is 12.8 Å². The molecule has 348 valence electrons. The Morgan fingerprint density at radius 1 is 0.583 bits per heavy atom. The van der Waals surface area contributed by atoms with E-state index >= 15 is 0 Å². The molecule has 0 aromatic rings. The summed E-state index contributed by atoms with van der Waals surface area (Å²) in [5.41, 5.74) is 0. The van der Waals surface area contributed by atoms with E-state index in [9.17, 15) is 37.9 Å². The van der Waals surface area contributed by atoms with Gasteiger partial charge in [-0.15, -0.1) is 0 Å². The van der Waals surface area contributed by atoms with Gasteiger partial charge in [-0.2, -0.15) is 8.42 Å². The SMILES string of the molecule is CC/C=C/C=C/C=C/C=C/CCCCCCCC(=O)OC[C@H](CO[C@H]1O[C@H](CS(=O)(=O)O)[C@@H](O)C(O)C1O)OC(=O)CCCCCCCCCCCCCCCCCCC. The van der Waals surface area contributed by atoms with E-state index in [1.54, 1.807) is 0 Å². The highest BCUT2D eigenvalue weighted by Gasteiger charge is 2.46. The van der Waals surface area contributed by atoms with Crippen LogP contribution in [0.5, 0.6) is 0 Å². The molecule has 1 aliphatic heterocycles. The Bertz CT molecular complexity index is 1300. The topological polar surface area (TPSA) is 186 Å². The monoisotopic (exact) mass is 871 g/mol. The molecule has 12 nitrogen and oxygen atoms in total. The minimum atomic E-state index is -4.61. The fourth-order valence-electron chi connectivity index (χ4n) is 6.92. The normalized spacial score (nSPS) is 20.5. The first kappa shape index (κ1) is 55.6. The third kappa shape index (κ3) is 31.5. The molecule has 1 heterocycles. The number of ether oxygens (including phenoxy) is 4. The second-order valence-electron chi connectivity index (χ2n) is 16.1. The molecule has 0 radical (unpaired) electrons. The molecule has 0 aromatic heterocycles. The van der Waals surface area contributed by atoms with E-state index in [0.717, 1.165) is 57.8 Å². The largest absolute Gasteiger partial charge is 0.462 e. The quantitative estimate of drug-likeness (QED) is 0.0200. The van der Waals surface area contributed by atoms with Crippen molar-refractivity contribution in [3.05, 3.63) is 48.6 Å². The van der Waals surface area contributed by atoms with E-state index in [1.807, 2.05) is 36.5 Å². The number of carbonyl (C=O) groups is 2. The summed E-state index contributed by atoms with van der Waals surface area (Å²) in [7, 11) is -4.61. The van der Waals surface area contributed by atoms with Crippen LogP contribution in [0.3, 0.4) is 0 Å². The zero-order valence-electron chi connectivity index (χ0n) is 37.1. The number of aliphatic hydroxyl groups excluding tert-OH is 3. The predicted octanol–water partition coefficient (Wildman–Crippen LogP) is 9.56. The molecule has 0 aromatic carbocycles. The smallest absolute Gasteiger partial charge is 0.306 e. The number of hydrogen-bond donors (Lipinski definition) is 4. The molecule has 0 amide bonds. The predicted molar refractivity (Wildman–Crippen MR) is 238 cm³/mol. The summed E-state index contributed by atoms with van der Waals surface area (Å²) in [6.45, 7) is 3.61. The zero-order valence-corrected chi connectivity index (χ0v) is 37.9. The first-order chi connectivity index (χ1) is 29.0. The zero-order chi connectivity index (χ0) is 44.1. The van der Waals surface area contributed by atoms with Crippen LogP contribution in [0.15, 0.2) is 48.6 Å². The van der Waals surface area contributed by atoms with E-state index in [2.05, 4.69) is 26.0 Å². The molecule has 0 saturated carbocycles. The van der Waals surface area contributed by atoms with Gasteiger partial charge in [0.25, 0.3) is 10.1 Å². The van der Waals surface area contributed by atoms with E-state index in [1.165, 1.54) is 83.5 Å². The third-order valence-corrected chi connectivity index (χ3v) is 11.3. The van der Waals surface area contributed by atoms with Gasteiger partial charge in [0.15, 0.2) is 12.4 Å². The molecule has 2 unspecified atom stereocenters. The van der Waals surface area contributed by atoms with Gasteiger partial charge in [0.05, 0.1) is 6.61 Å². The molecule has 6 atom stereocenters. The van der Waals surface area contributed by atoms with Gasteiger partial charge in [0.2, 0.25) is 0 Å². The van der Waals surface area contributed by atoms with E-state index in [4.69, 9.17) is 18.9 Å². The van der Waals surface area contributed by atoms with Crippen molar-refractivity contribution in [1.29, 1.82) is 0 Å². The van der Waals surface area contributed by atoms with Crippen LogP contribution in [0.4, 0.5) is 0 Å². The number of carbonyl (C=O) groups excluding carboxylic acids is 2. The van der Waals surface area contributed by atoms with Gasteiger partial charge in [-0.05, 0) is 32.1 Å². The molecule has 1 rings (SSSR count). The minimum Gasteiger partial charge on any atom is -0.462 e. The van der Waals surface area contributed by atoms with Gasteiger partial charge >= 0.3 is 11.9 Å². The van der Waals surface area contributed by atoms with Crippen LogP contribution >= 0.6 is 0 Å². The summed E-state index contributed by atoms with van der Waals surface area (Å²) < 4.78 is 54.1. The summed E-state index contributed by atoms with van der Waals surface area (Å²) in [6.07, 6.45) is 34.4. The highest BCUT2D eigenvalue weighted by molar-refractivity contribution is 7.85. The molecule has 0 bridgehead atoms. The fraction of sp³-hybridized carbons (Fsp3) is 0.787. The molecule has 0 spiro atoms. The third-order valence-electron chi connectivity index (χ3n) is 10.5. The van der Waals surface area contributed by atoms with Crippen LogP contribution in [0.25, 0.3) is 0 Å². The standard InChI is InChI=1S/C47H82O12S/c1-3-5-7-9-11-13-15-17-19-20-22-24-26-28-30-32-34-36-43(49)58-40(38-57-47-46(52)45(51)44(50)41(59-47)39-60(53,54)55)37-56-42(48)35-33-31-29-27-25-23-21-18-16-14-12-10-8-6-4-2/h6,8,10,12,14,16,18,21,40-41,44-47,50-52H,3-5,7,9,11,13,15,17,19-20,22-39H2,1-2H3,(H,53,54,55)/b8-6+,12-10+,16-14+,21-18+/t40-,41-,44-,45?,46?,47+/m1/s1. The number of unbranched alkanes of at least 4 members (excludes halogenated alkanes) is 21. The van der Waals surface area contributed by atoms with E-state index in [0.29, 0.717) is 12.8 Å². The average molecular weight is 871 g/mol. The van der Waals surface area contributed by atoms with Gasteiger partial charge in [0.1, 0.15) is 36.8 Å². The van der Waals surface area contributed by atoms with E-state index < -0.39 is 71.2 Å². The Morgan fingerprint density at radius 2 is 1.05 bits per heavy atom. The van der Waals surface area contributed by atoms with Crippen LogP contribution < -0.4 is 0 Å². The summed E-state index contributed by atoms with van der Waals surface area (Å²) >= 11 is 0. The molecule has 60 heavy (non-hydrogen) atoms. The van der Waals surface area contributed by atoms with Gasteiger partial charge < -0.3 is 34.3 Å². The van der Waals surface area contributed by atoms with Crippen molar-refractivity contribution in [3.8, 4) is 0 Å². The lowest BCUT2D eigenvalue weighted by molar-refractivity contribution is -0.297. The molecule has 1 aliphatic rings. The summed E-state index contributed by atoms with van der Waals surface area (Å²) in [6, 6.07) is 0. The fourth-order valence-corrected chi connectivity index (χ4v) is 7.61. The number of allylic oxidation sites excluding steroid dienone is 8. The number of esters is 2. The van der Waals surface area contributed by atoms with Crippen molar-refractivity contribution >= 4 is 22.1 Å². The molecule has 13 heteroatoms. The second-order valence-corrected chi connectivity index (χ2v) is 17.6. The lowest BCUT2D eigenvalue weighted by Gasteiger charge is -2.40. The lowest BCUT2D eigenvalue weighted by Crippen LogP contribution is -2.60. The Hall–Kier alpha value is -2.39. The van der Waals surface area contributed by atoms with Crippen LogP contribution in [-0.2, 0) is 38.7 Å². The van der Waals surface area contributed by atoms with Crippen LogP contribution in [0.2, 0.25) is 0 Å². The Kier molecular flexibility index (Phi) is 34.5. The van der Waals surface area contributed by atoms with Crippen molar-refractivity contribution < 1.29 is 56.8 Å². The van der Waals surface area contributed by atoms with Crippen molar-refractivity contribution in [2.45, 2.75) is 218 Å². The van der Waals surface area contributed by atoms with E-state index in [-0.39, 0.29) is 19.4 Å². The van der Waals surface area contributed by atoms with Gasteiger partial charge in [-0.1, -0.05) is 184 Å². The first-order valence-corrected chi connectivity index (χ1v) is 24.9. The maximum absolute atomic E-state index is 12.8. The molecule has 1 saturated heterocycles. The van der Waals surface area contributed by atoms with Crippen molar-refractivity contribution in [2.75, 3.05) is 19.0 Å². The average Bonchev–Trinajstić information content (AvgIpc) is 3.21. The van der Waals surface area contributed by atoms with Crippen molar-refractivity contribution in [1.82, 2.24) is 0 Å². The first-order valence-electron chi connectivity index (χ1n) is 23.2. The highest BCUT2D eigenvalue weighted by atomic mass is 32.2. The van der Waals surface area contributed by atoms with Crippen LogP contribution in [-0.4, -0.2) is 96.0 Å². The summed E-state index contributed by atoms with van der Waals surface area (Å²) in [5, 5.41) is 30.9. The Balaban J connectivity index is 2.44. The molecule has 4 N–H and O–H groups in total. The van der Waals surface area contributed by atoms with Crippen LogP contribution in [0, 0.1) is 0 Å². The van der Waals surface area contributed by atoms with Crippen LogP contribution in [0.1, 0.15) is 181 Å².